The normalized spacial score (nSPS) is 27.2. The maximum atomic E-state index is 5.65. The van der Waals surface area contributed by atoms with Gasteiger partial charge in [0.25, 0.3) is 0 Å². The van der Waals surface area contributed by atoms with Crippen LogP contribution < -0.4 is 5.32 Å². The average Bonchev–Trinajstić information content (AvgIpc) is 2.38. The second kappa shape index (κ2) is 2.95. The molecule has 1 aliphatic rings. The van der Waals surface area contributed by atoms with Crippen LogP contribution in [0.4, 0.5) is 0 Å². The molecule has 0 amide bonds. The van der Waals surface area contributed by atoms with Gasteiger partial charge in [-0.1, -0.05) is 20.2 Å². The highest BCUT2D eigenvalue weighted by molar-refractivity contribution is 6.09. The van der Waals surface area contributed by atoms with E-state index >= 15 is 0 Å². The molecule has 1 aliphatic heterocycles. The Balaban J connectivity index is 2.45. The first-order valence-electron chi connectivity index (χ1n) is 4.10. The maximum Gasteiger partial charge on any atom is 0.0661 e. The fourth-order valence-electron chi connectivity index (χ4n) is 1.49. The minimum Gasteiger partial charge on any atom is -0.313 e. The molecule has 56 valence electrons. The molecule has 1 fully saturated rings. The van der Waals surface area contributed by atoms with Gasteiger partial charge in [0.15, 0.2) is 0 Å². The molecular formula is C8H16BN. The van der Waals surface area contributed by atoms with E-state index in [9.17, 15) is 0 Å². The number of nitrogens with one attached hydrogen (secondary N) is 1. The molecule has 1 saturated heterocycles. The molecule has 1 N–H and O–H groups in total. The van der Waals surface area contributed by atoms with Gasteiger partial charge in [0.1, 0.15) is 0 Å². The monoisotopic (exact) mass is 137 g/mol. The zero-order valence-electron chi connectivity index (χ0n) is 6.98. The predicted molar refractivity (Wildman–Crippen MR) is 45.4 cm³/mol. The summed E-state index contributed by atoms with van der Waals surface area (Å²) in [6.07, 6.45) is 3.39. The van der Waals surface area contributed by atoms with E-state index in [0.29, 0.717) is 6.04 Å². The van der Waals surface area contributed by atoms with Crippen molar-refractivity contribution in [2.75, 3.05) is 6.54 Å². The summed E-state index contributed by atoms with van der Waals surface area (Å²) >= 11 is 0. The lowest BCUT2D eigenvalue weighted by Gasteiger charge is -2.30. The van der Waals surface area contributed by atoms with Gasteiger partial charge in [0.2, 0.25) is 0 Å². The summed E-state index contributed by atoms with van der Waals surface area (Å²) in [6, 6.07) is 0.650. The summed E-state index contributed by atoms with van der Waals surface area (Å²) in [4.78, 5) is 0. The van der Waals surface area contributed by atoms with E-state index < -0.39 is 0 Å². The van der Waals surface area contributed by atoms with Crippen molar-refractivity contribution >= 4 is 7.85 Å². The molecule has 1 unspecified atom stereocenters. The van der Waals surface area contributed by atoms with E-state index in [0.717, 1.165) is 6.32 Å². The van der Waals surface area contributed by atoms with Crippen LogP contribution in [0.3, 0.4) is 0 Å². The van der Waals surface area contributed by atoms with Crippen molar-refractivity contribution in [1.82, 2.24) is 5.32 Å². The van der Waals surface area contributed by atoms with Gasteiger partial charge < -0.3 is 5.32 Å². The third-order valence-corrected chi connectivity index (χ3v) is 2.53. The minimum atomic E-state index is 0.288. The molecule has 2 radical (unpaired) electrons. The molecular weight excluding hydrogens is 121 g/mol. The molecule has 0 saturated carbocycles. The van der Waals surface area contributed by atoms with E-state index in [1.165, 1.54) is 19.4 Å². The summed E-state index contributed by atoms with van der Waals surface area (Å²) in [5.74, 6) is 0. The van der Waals surface area contributed by atoms with Gasteiger partial charge in [0.05, 0.1) is 7.85 Å². The van der Waals surface area contributed by atoms with Gasteiger partial charge in [-0.25, -0.2) is 0 Å². The summed E-state index contributed by atoms with van der Waals surface area (Å²) in [7, 11) is 5.65. The number of hydrogen-bond donors (Lipinski definition) is 1. The van der Waals surface area contributed by atoms with Crippen molar-refractivity contribution in [3.05, 3.63) is 0 Å². The quantitative estimate of drug-likeness (QED) is 0.566. The predicted octanol–water partition coefficient (Wildman–Crippen LogP) is 1.35. The summed E-state index contributed by atoms with van der Waals surface area (Å²) < 4.78 is 0. The van der Waals surface area contributed by atoms with Gasteiger partial charge in [-0.3, -0.25) is 0 Å². The molecule has 1 nitrogen and oxygen atoms in total. The minimum absolute atomic E-state index is 0.288. The van der Waals surface area contributed by atoms with Crippen LogP contribution in [-0.4, -0.2) is 20.4 Å². The topological polar surface area (TPSA) is 12.0 Å². The SMILES string of the molecule is [B]CC(C)(C)C1CCCN1. The molecule has 2 heteroatoms. The average molecular weight is 137 g/mol. The van der Waals surface area contributed by atoms with Gasteiger partial charge in [-0.2, -0.15) is 0 Å². The zero-order chi connectivity index (χ0) is 7.61. The summed E-state index contributed by atoms with van der Waals surface area (Å²) in [5.41, 5.74) is 0.288. The largest absolute Gasteiger partial charge is 0.313 e. The van der Waals surface area contributed by atoms with Crippen molar-refractivity contribution in [2.45, 2.75) is 39.1 Å². The molecule has 0 spiro atoms. The van der Waals surface area contributed by atoms with Crippen LogP contribution in [0, 0.1) is 5.41 Å². The van der Waals surface area contributed by atoms with Crippen molar-refractivity contribution in [2.24, 2.45) is 5.41 Å². The molecule has 1 atom stereocenters. The van der Waals surface area contributed by atoms with Crippen LogP contribution in [0.2, 0.25) is 6.32 Å². The van der Waals surface area contributed by atoms with Crippen LogP contribution in [0.5, 0.6) is 0 Å². The first-order valence-corrected chi connectivity index (χ1v) is 4.10. The first kappa shape index (κ1) is 8.12. The Hall–Kier alpha value is 0.0249. The van der Waals surface area contributed by atoms with Crippen LogP contribution >= 0.6 is 0 Å². The van der Waals surface area contributed by atoms with Crippen LogP contribution in [0.15, 0.2) is 0 Å². The molecule has 1 heterocycles. The van der Waals surface area contributed by atoms with Crippen molar-refractivity contribution in [3.8, 4) is 0 Å². The van der Waals surface area contributed by atoms with Crippen LogP contribution in [0.25, 0.3) is 0 Å². The van der Waals surface area contributed by atoms with E-state index in [2.05, 4.69) is 19.2 Å². The molecule has 0 aliphatic carbocycles. The second-order valence-electron chi connectivity index (χ2n) is 3.84. The second-order valence-corrected chi connectivity index (χ2v) is 3.84. The molecule has 0 aromatic rings. The number of hydrogen-bond acceptors (Lipinski definition) is 1. The van der Waals surface area contributed by atoms with Crippen molar-refractivity contribution < 1.29 is 0 Å². The van der Waals surface area contributed by atoms with Gasteiger partial charge >= 0.3 is 0 Å². The maximum absolute atomic E-state index is 5.65. The third-order valence-electron chi connectivity index (χ3n) is 2.53. The Kier molecular flexibility index (Phi) is 2.40. The lowest BCUT2D eigenvalue weighted by molar-refractivity contribution is 0.296. The lowest BCUT2D eigenvalue weighted by atomic mass is 9.73. The Labute approximate surface area is 65.0 Å². The standard InChI is InChI=1S/C8H16BN/c1-8(2,6-9)7-4-3-5-10-7/h7,10H,3-6H2,1-2H3. The highest BCUT2D eigenvalue weighted by atomic mass is 15.0. The molecule has 0 bridgehead atoms. The Morgan fingerprint density at radius 2 is 2.30 bits per heavy atom. The molecule has 10 heavy (non-hydrogen) atoms. The van der Waals surface area contributed by atoms with E-state index in [4.69, 9.17) is 7.85 Å². The van der Waals surface area contributed by atoms with Crippen molar-refractivity contribution in [3.63, 3.8) is 0 Å². The summed E-state index contributed by atoms with van der Waals surface area (Å²) in [5, 5.41) is 3.47. The Morgan fingerprint density at radius 1 is 1.60 bits per heavy atom. The fraction of sp³-hybridized carbons (Fsp3) is 1.00. The first-order chi connectivity index (χ1) is 4.67. The third kappa shape index (κ3) is 1.54. The van der Waals surface area contributed by atoms with E-state index in [-0.39, 0.29) is 5.41 Å². The number of rotatable bonds is 2. The molecule has 0 aromatic carbocycles. The Bertz CT molecular complexity index is 106. The highest BCUT2D eigenvalue weighted by Crippen LogP contribution is 2.29. The van der Waals surface area contributed by atoms with Crippen molar-refractivity contribution in [1.29, 1.82) is 0 Å². The Morgan fingerprint density at radius 3 is 2.70 bits per heavy atom. The van der Waals surface area contributed by atoms with E-state index in [1.807, 2.05) is 0 Å². The smallest absolute Gasteiger partial charge is 0.0661 e. The zero-order valence-corrected chi connectivity index (χ0v) is 6.98. The van der Waals surface area contributed by atoms with Gasteiger partial charge in [-0.15, -0.1) is 0 Å². The van der Waals surface area contributed by atoms with Gasteiger partial charge in [-0.05, 0) is 24.8 Å². The molecule has 1 rings (SSSR count). The fourth-order valence-corrected chi connectivity index (χ4v) is 1.49. The lowest BCUT2D eigenvalue weighted by Crippen LogP contribution is -2.36. The van der Waals surface area contributed by atoms with Gasteiger partial charge in [0, 0.05) is 6.04 Å². The highest BCUT2D eigenvalue weighted by Gasteiger charge is 2.29. The van der Waals surface area contributed by atoms with Crippen LogP contribution in [-0.2, 0) is 0 Å². The van der Waals surface area contributed by atoms with E-state index in [1.54, 1.807) is 0 Å². The van der Waals surface area contributed by atoms with Crippen LogP contribution in [0.1, 0.15) is 26.7 Å². The summed E-state index contributed by atoms with van der Waals surface area (Å²) in [6.45, 7) is 5.64. The molecule has 0 aromatic heterocycles.